The van der Waals surface area contributed by atoms with E-state index in [1.54, 1.807) is 0 Å². The van der Waals surface area contributed by atoms with Gasteiger partial charge in [-0.25, -0.2) is 13.4 Å². The molecule has 1 aliphatic heterocycles. The second kappa shape index (κ2) is 8.03. The molecule has 1 aromatic heterocycles. The van der Waals surface area contributed by atoms with Crippen molar-refractivity contribution in [3.8, 4) is 5.75 Å². The van der Waals surface area contributed by atoms with E-state index in [1.165, 1.54) is 27.8 Å². The van der Waals surface area contributed by atoms with Crippen LogP contribution in [0.1, 0.15) is 5.01 Å². The Hall–Kier alpha value is -2.60. The van der Waals surface area contributed by atoms with Crippen LogP contribution in [0.5, 0.6) is 5.75 Å². The molecular weight excluding hydrogens is 418 g/mol. The van der Waals surface area contributed by atoms with Gasteiger partial charge in [-0.3, -0.25) is 10.1 Å². The lowest BCUT2D eigenvalue weighted by molar-refractivity contribution is -0.386. The number of thiazole rings is 1. The number of hydrogen-bond donors (Lipinski definition) is 0. The minimum atomic E-state index is -3.84. The van der Waals surface area contributed by atoms with Crippen molar-refractivity contribution in [1.82, 2.24) is 9.29 Å². The van der Waals surface area contributed by atoms with Gasteiger partial charge >= 0.3 is 5.69 Å². The van der Waals surface area contributed by atoms with Gasteiger partial charge in [-0.2, -0.15) is 4.31 Å². The van der Waals surface area contributed by atoms with Gasteiger partial charge < -0.3 is 9.47 Å². The number of nitro groups is 1. The molecule has 4 rings (SSSR count). The van der Waals surface area contributed by atoms with Gasteiger partial charge in [-0.05, 0) is 24.3 Å². The Balaban J connectivity index is 1.58. The highest BCUT2D eigenvalue weighted by Crippen LogP contribution is 2.32. The number of ether oxygens (including phenoxy) is 2. The molecule has 0 N–H and O–H groups in total. The van der Waals surface area contributed by atoms with Gasteiger partial charge in [0.15, 0.2) is 5.75 Å². The van der Waals surface area contributed by atoms with Crippen molar-refractivity contribution in [3.63, 3.8) is 0 Å². The summed E-state index contributed by atoms with van der Waals surface area (Å²) in [6.45, 7) is 1.07. The second-order valence-corrected chi connectivity index (χ2v) is 9.32. The molecular formula is C18H17N3O6S2. The summed E-state index contributed by atoms with van der Waals surface area (Å²) in [5, 5.41) is 12.2. The van der Waals surface area contributed by atoms with Gasteiger partial charge in [0, 0.05) is 19.2 Å². The van der Waals surface area contributed by atoms with E-state index in [4.69, 9.17) is 9.47 Å². The third kappa shape index (κ3) is 4.08. The van der Waals surface area contributed by atoms with E-state index in [0.717, 1.165) is 16.3 Å². The quantitative estimate of drug-likeness (QED) is 0.432. The van der Waals surface area contributed by atoms with E-state index in [-0.39, 0.29) is 30.3 Å². The summed E-state index contributed by atoms with van der Waals surface area (Å²) < 4.78 is 38.5. The summed E-state index contributed by atoms with van der Waals surface area (Å²) in [7, 11) is -3.84. The van der Waals surface area contributed by atoms with Crippen LogP contribution in [0.2, 0.25) is 0 Å². The molecule has 0 unspecified atom stereocenters. The normalized spacial score (nSPS) is 15.4. The summed E-state index contributed by atoms with van der Waals surface area (Å²) in [5.74, 6) is -0.00446. The Morgan fingerprint density at radius 1 is 1.21 bits per heavy atom. The van der Waals surface area contributed by atoms with Gasteiger partial charge in [-0.1, -0.05) is 12.1 Å². The van der Waals surface area contributed by atoms with Crippen LogP contribution in [0.25, 0.3) is 10.2 Å². The highest BCUT2D eigenvalue weighted by atomic mass is 32.2. The third-order valence-electron chi connectivity index (χ3n) is 4.42. The molecule has 29 heavy (non-hydrogen) atoms. The van der Waals surface area contributed by atoms with Crippen molar-refractivity contribution in [2.45, 2.75) is 11.5 Å². The third-order valence-corrected chi connectivity index (χ3v) is 7.33. The smallest absolute Gasteiger partial charge is 0.312 e. The molecule has 2 aromatic carbocycles. The molecule has 1 fully saturated rings. The maximum absolute atomic E-state index is 12.8. The van der Waals surface area contributed by atoms with Crippen LogP contribution < -0.4 is 4.74 Å². The van der Waals surface area contributed by atoms with Crippen LogP contribution in [-0.4, -0.2) is 48.9 Å². The number of nitro benzene ring substituents is 1. The van der Waals surface area contributed by atoms with Gasteiger partial charge in [0.25, 0.3) is 0 Å². The summed E-state index contributed by atoms with van der Waals surface area (Å²) in [6.07, 6.45) is 0. The molecule has 0 aliphatic carbocycles. The van der Waals surface area contributed by atoms with Crippen molar-refractivity contribution in [2.75, 3.05) is 26.3 Å². The molecule has 0 saturated carbocycles. The Bertz CT molecular complexity index is 1120. The SMILES string of the molecule is O=[N+]([O-])c1cc(S(=O)(=O)N2CCOCC2)ccc1OCc1nc2ccccc2s1. The lowest BCUT2D eigenvalue weighted by Crippen LogP contribution is -2.40. The van der Waals surface area contributed by atoms with Crippen LogP contribution in [-0.2, 0) is 21.4 Å². The first kappa shape index (κ1) is 19.7. The first-order valence-electron chi connectivity index (χ1n) is 8.79. The second-order valence-electron chi connectivity index (χ2n) is 6.27. The van der Waals surface area contributed by atoms with Crippen LogP contribution in [0.4, 0.5) is 5.69 Å². The fraction of sp³-hybridized carbons (Fsp3) is 0.278. The number of nitrogens with zero attached hydrogens (tertiary/aromatic N) is 3. The zero-order valence-corrected chi connectivity index (χ0v) is 16.8. The topological polar surface area (TPSA) is 112 Å². The largest absolute Gasteiger partial charge is 0.479 e. The van der Waals surface area contributed by atoms with Crippen molar-refractivity contribution in [1.29, 1.82) is 0 Å². The van der Waals surface area contributed by atoms with Gasteiger partial charge in [0.2, 0.25) is 10.0 Å². The minimum absolute atomic E-state index is 0.00446. The summed E-state index contributed by atoms with van der Waals surface area (Å²) >= 11 is 1.44. The van der Waals surface area contributed by atoms with Crippen LogP contribution in [0.3, 0.4) is 0 Å². The van der Waals surface area contributed by atoms with Crippen molar-refractivity contribution < 1.29 is 22.8 Å². The average molecular weight is 435 g/mol. The Kier molecular flexibility index (Phi) is 5.46. The van der Waals surface area contributed by atoms with E-state index in [9.17, 15) is 18.5 Å². The molecule has 2 heterocycles. The predicted molar refractivity (Wildman–Crippen MR) is 107 cm³/mol. The molecule has 1 saturated heterocycles. The maximum Gasteiger partial charge on any atom is 0.312 e. The number of hydrogen-bond acceptors (Lipinski definition) is 8. The number of fused-ring (bicyclic) bond motifs is 1. The number of para-hydroxylation sites is 1. The van der Waals surface area contributed by atoms with Crippen LogP contribution >= 0.6 is 11.3 Å². The first-order valence-corrected chi connectivity index (χ1v) is 11.0. The van der Waals surface area contributed by atoms with E-state index < -0.39 is 20.6 Å². The predicted octanol–water partition coefficient (Wildman–Crippen LogP) is 2.80. The molecule has 0 atom stereocenters. The average Bonchev–Trinajstić information content (AvgIpc) is 3.15. The molecule has 0 amide bonds. The monoisotopic (exact) mass is 435 g/mol. The molecule has 11 heteroatoms. The van der Waals surface area contributed by atoms with E-state index >= 15 is 0 Å². The minimum Gasteiger partial charge on any atom is -0.479 e. The Morgan fingerprint density at radius 2 is 1.97 bits per heavy atom. The standard InChI is InChI=1S/C18H17N3O6S2/c22-21(23)15-11-13(29(24,25)20-7-9-26-10-8-20)5-6-16(15)27-12-18-19-14-3-1-2-4-17(14)28-18/h1-6,11H,7-10,12H2. The summed E-state index contributed by atoms with van der Waals surface area (Å²) in [6, 6.07) is 11.3. The maximum atomic E-state index is 12.8. The Morgan fingerprint density at radius 3 is 2.69 bits per heavy atom. The van der Waals surface area contributed by atoms with E-state index in [2.05, 4.69) is 4.98 Å². The van der Waals surface area contributed by atoms with Crippen LogP contribution in [0.15, 0.2) is 47.4 Å². The van der Waals surface area contributed by atoms with Gasteiger partial charge in [0.05, 0.1) is 33.2 Å². The van der Waals surface area contributed by atoms with Gasteiger partial charge in [0.1, 0.15) is 11.6 Å². The Labute approximate surface area is 170 Å². The molecule has 0 spiro atoms. The summed E-state index contributed by atoms with van der Waals surface area (Å²) in [4.78, 5) is 15.2. The number of aromatic nitrogens is 1. The highest BCUT2D eigenvalue weighted by molar-refractivity contribution is 7.89. The zero-order valence-electron chi connectivity index (χ0n) is 15.2. The number of benzene rings is 2. The van der Waals surface area contributed by atoms with Crippen LogP contribution in [0, 0.1) is 10.1 Å². The molecule has 3 aromatic rings. The number of sulfonamides is 1. The fourth-order valence-corrected chi connectivity index (χ4v) is 5.29. The lowest BCUT2D eigenvalue weighted by atomic mass is 10.3. The zero-order chi connectivity index (χ0) is 20.4. The van der Waals surface area contributed by atoms with Crippen molar-refractivity contribution in [2.24, 2.45) is 0 Å². The van der Waals surface area contributed by atoms with E-state index in [1.807, 2.05) is 24.3 Å². The van der Waals surface area contributed by atoms with E-state index in [0.29, 0.717) is 18.2 Å². The summed E-state index contributed by atoms with van der Waals surface area (Å²) in [5.41, 5.74) is 0.429. The highest BCUT2D eigenvalue weighted by Gasteiger charge is 2.29. The van der Waals surface area contributed by atoms with Crippen molar-refractivity contribution in [3.05, 3.63) is 57.6 Å². The van der Waals surface area contributed by atoms with Gasteiger partial charge in [-0.15, -0.1) is 11.3 Å². The number of morpholine rings is 1. The molecule has 0 radical (unpaired) electrons. The molecule has 0 bridgehead atoms. The molecule has 9 nitrogen and oxygen atoms in total. The molecule has 1 aliphatic rings. The lowest BCUT2D eigenvalue weighted by Gasteiger charge is -2.26. The number of rotatable bonds is 6. The first-order chi connectivity index (χ1) is 13.9. The molecule has 152 valence electrons. The van der Waals surface area contributed by atoms with Crippen molar-refractivity contribution >= 4 is 37.3 Å². The fourth-order valence-electron chi connectivity index (χ4n) is 2.98.